The molecule has 0 aliphatic heterocycles. The van der Waals surface area contributed by atoms with Crippen molar-refractivity contribution in [2.24, 2.45) is 0 Å². The fraction of sp³-hybridized carbons (Fsp3) is 0. The Balaban J connectivity index is 2.23. The molecule has 0 aliphatic carbocycles. The van der Waals surface area contributed by atoms with Crippen LogP contribution in [0.5, 0.6) is 0 Å². The second-order valence-electron chi connectivity index (χ2n) is 3.40. The summed E-state index contributed by atoms with van der Waals surface area (Å²) in [7, 11) is 0. The van der Waals surface area contributed by atoms with Gasteiger partial charge in [-0.1, -0.05) is 42.5 Å². The minimum absolute atomic E-state index is 0.634. The Morgan fingerprint density at radius 2 is 1.88 bits per heavy atom. The molecule has 2 heterocycles. The van der Waals surface area contributed by atoms with Crippen LogP contribution in [0.4, 0.5) is 0 Å². The zero-order chi connectivity index (χ0) is 11.0. The van der Waals surface area contributed by atoms with E-state index in [0.29, 0.717) is 10.5 Å². The molecule has 78 valence electrons. The van der Waals surface area contributed by atoms with E-state index in [1.165, 1.54) is 0 Å². The van der Waals surface area contributed by atoms with Gasteiger partial charge in [-0.25, -0.2) is 9.97 Å². The summed E-state index contributed by atoms with van der Waals surface area (Å²) in [5, 5.41) is 6.60. The maximum atomic E-state index is 5.08. The Morgan fingerprint density at radius 1 is 1.06 bits per heavy atom. The van der Waals surface area contributed by atoms with Crippen LogP contribution in [0.3, 0.4) is 0 Å². The van der Waals surface area contributed by atoms with Crippen molar-refractivity contribution in [1.82, 2.24) is 20.2 Å². The van der Waals surface area contributed by atoms with Crippen molar-refractivity contribution >= 4 is 23.3 Å². The third-order valence-electron chi connectivity index (χ3n) is 2.36. The highest BCUT2D eigenvalue weighted by atomic mass is 32.1. The molecule has 0 saturated carbocycles. The Kier molecular flexibility index (Phi) is 2.04. The number of benzene rings is 1. The monoisotopic (exact) mass is 228 g/mol. The average molecular weight is 228 g/mol. The van der Waals surface area contributed by atoms with Gasteiger partial charge >= 0.3 is 0 Å². The summed E-state index contributed by atoms with van der Waals surface area (Å²) in [5.74, 6) is 0.693. The summed E-state index contributed by atoms with van der Waals surface area (Å²) in [4.78, 5) is 8.69. The second-order valence-corrected chi connectivity index (χ2v) is 3.81. The molecule has 0 saturated heterocycles. The van der Waals surface area contributed by atoms with Crippen molar-refractivity contribution in [2.45, 2.75) is 0 Å². The Morgan fingerprint density at radius 3 is 2.69 bits per heavy atom. The second kappa shape index (κ2) is 3.53. The largest absolute Gasteiger partial charge is 0.289 e. The highest BCUT2D eigenvalue weighted by Crippen LogP contribution is 2.16. The van der Waals surface area contributed by atoms with Crippen molar-refractivity contribution in [3.63, 3.8) is 0 Å². The molecule has 3 aromatic rings. The van der Waals surface area contributed by atoms with Gasteiger partial charge in [0.05, 0.1) is 5.39 Å². The first-order valence-electron chi connectivity index (χ1n) is 4.83. The van der Waals surface area contributed by atoms with Crippen molar-refractivity contribution in [3.8, 4) is 11.4 Å². The first-order valence-corrected chi connectivity index (χ1v) is 5.24. The Hall–Kier alpha value is -2.01. The molecule has 0 unspecified atom stereocenters. The molecule has 16 heavy (non-hydrogen) atoms. The average Bonchev–Trinajstić information content (AvgIpc) is 2.72. The molecule has 0 aliphatic rings. The molecular formula is C11H8N4S. The predicted octanol–water partition coefficient (Wildman–Crippen LogP) is 2.68. The van der Waals surface area contributed by atoms with Gasteiger partial charge in [-0.3, -0.25) is 10.2 Å². The number of nitrogens with one attached hydrogen (secondary N) is 2. The molecule has 0 spiro atoms. The summed E-state index contributed by atoms with van der Waals surface area (Å²) in [6.07, 6.45) is 1.74. The van der Waals surface area contributed by atoms with Crippen LogP contribution in [0.1, 0.15) is 0 Å². The summed E-state index contributed by atoms with van der Waals surface area (Å²) in [6.45, 7) is 0. The van der Waals surface area contributed by atoms with Gasteiger partial charge in [0, 0.05) is 11.8 Å². The van der Waals surface area contributed by atoms with Gasteiger partial charge in [0.2, 0.25) is 0 Å². The minimum atomic E-state index is 0.634. The van der Waals surface area contributed by atoms with E-state index in [1.54, 1.807) is 6.20 Å². The first-order chi connectivity index (χ1) is 7.84. The van der Waals surface area contributed by atoms with Crippen LogP contribution in [0.2, 0.25) is 0 Å². The Bertz CT molecular complexity index is 684. The van der Waals surface area contributed by atoms with Gasteiger partial charge in [-0.15, -0.1) is 0 Å². The summed E-state index contributed by atoms with van der Waals surface area (Å²) in [6, 6.07) is 9.83. The standard InChI is InChI=1S/C11H8N4S/c16-11-8-6-12-9(13-10(8)14-15-11)7-4-2-1-3-5-7/h1-6H,(H2,12,13,14,15,16). The fourth-order valence-electron chi connectivity index (χ4n) is 1.55. The number of aromatic amines is 2. The highest BCUT2D eigenvalue weighted by molar-refractivity contribution is 7.71. The molecule has 3 rings (SSSR count). The molecule has 5 heteroatoms. The van der Waals surface area contributed by atoms with Crippen LogP contribution in [-0.2, 0) is 0 Å². The summed E-state index contributed by atoms with van der Waals surface area (Å²) < 4.78 is 0.634. The lowest BCUT2D eigenvalue weighted by molar-refractivity contribution is 1.08. The van der Waals surface area contributed by atoms with Gasteiger partial charge < -0.3 is 0 Å². The van der Waals surface area contributed by atoms with Gasteiger partial charge in [-0.05, 0) is 0 Å². The lowest BCUT2D eigenvalue weighted by Gasteiger charge is -1.98. The topological polar surface area (TPSA) is 57.4 Å². The zero-order valence-corrected chi connectivity index (χ0v) is 9.08. The van der Waals surface area contributed by atoms with Gasteiger partial charge in [0.15, 0.2) is 11.5 Å². The molecule has 0 amide bonds. The third-order valence-corrected chi connectivity index (χ3v) is 2.68. The zero-order valence-electron chi connectivity index (χ0n) is 8.27. The van der Waals surface area contributed by atoms with Crippen molar-refractivity contribution in [1.29, 1.82) is 0 Å². The van der Waals surface area contributed by atoms with Crippen LogP contribution in [-0.4, -0.2) is 20.2 Å². The number of rotatable bonds is 1. The molecule has 1 aromatic carbocycles. The molecule has 4 nitrogen and oxygen atoms in total. The first kappa shape index (κ1) is 9.23. The molecule has 2 N–H and O–H groups in total. The van der Waals surface area contributed by atoms with Crippen molar-refractivity contribution < 1.29 is 0 Å². The number of nitrogens with zero attached hydrogens (tertiary/aromatic N) is 2. The van der Waals surface area contributed by atoms with Crippen LogP contribution >= 0.6 is 12.2 Å². The van der Waals surface area contributed by atoms with E-state index in [0.717, 1.165) is 16.6 Å². The fourth-order valence-corrected chi connectivity index (χ4v) is 1.75. The quantitative estimate of drug-likeness (QED) is 0.629. The lowest BCUT2D eigenvalue weighted by atomic mass is 10.2. The maximum absolute atomic E-state index is 5.08. The normalized spacial score (nSPS) is 10.8. The van der Waals surface area contributed by atoms with E-state index in [9.17, 15) is 0 Å². The van der Waals surface area contributed by atoms with Gasteiger partial charge in [0.1, 0.15) is 4.64 Å². The molecule has 0 bridgehead atoms. The molecule has 0 fully saturated rings. The third kappa shape index (κ3) is 1.42. The van der Waals surface area contributed by atoms with E-state index in [2.05, 4.69) is 20.2 Å². The van der Waals surface area contributed by atoms with Crippen LogP contribution in [0.25, 0.3) is 22.4 Å². The molecule has 0 radical (unpaired) electrons. The predicted molar refractivity (Wildman–Crippen MR) is 64.5 cm³/mol. The molecule has 2 aromatic heterocycles. The van der Waals surface area contributed by atoms with Crippen molar-refractivity contribution in [2.75, 3.05) is 0 Å². The smallest absolute Gasteiger partial charge is 0.161 e. The van der Waals surface area contributed by atoms with Crippen LogP contribution in [0, 0.1) is 4.64 Å². The van der Waals surface area contributed by atoms with E-state index in [4.69, 9.17) is 12.2 Å². The van der Waals surface area contributed by atoms with E-state index < -0.39 is 0 Å². The van der Waals surface area contributed by atoms with Crippen LogP contribution in [0.15, 0.2) is 36.5 Å². The number of aromatic nitrogens is 4. The van der Waals surface area contributed by atoms with Gasteiger partial charge in [0.25, 0.3) is 0 Å². The molecule has 0 atom stereocenters. The van der Waals surface area contributed by atoms with Gasteiger partial charge in [-0.2, -0.15) is 0 Å². The number of fused-ring (bicyclic) bond motifs is 1. The molecular weight excluding hydrogens is 220 g/mol. The lowest BCUT2D eigenvalue weighted by Crippen LogP contribution is -1.88. The van der Waals surface area contributed by atoms with E-state index in [-0.39, 0.29) is 0 Å². The number of hydrogen-bond donors (Lipinski definition) is 2. The maximum Gasteiger partial charge on any atom is 0.161 e. The minimum Gasteiger partial charge on any atom is -0.289 e. The Labute approximate surface area is 96.4 Å². The highest BCUT2D eigenvalue weighted by Gasteiger charge is 2.04. The summed E-state index contributed by atoms with van der Waals surface area (Å²) >= 11 is 5.08. The number of hydrogen-bond acceptors (Lipinski definition) is 3. The SMILES string of the molecule is S=c1[nH][nH]c2nc(-c3ccccc3)ncc12. The van der Waals surface area contributed by atoms with Crippen LogP contribution < -0.4 is 0 Å². The summed E-state index contributed by atoms with van der Waals surface area (Å²) in [5.41, 5.74) is 1.73. The number of H-pyrrole nitrogens is 2. The van der Waals surface area contributed by atoms with E-state index >= 15 is 0 Å². The van der Waals surface area contributed by atoms with E-state index in [1.807, 2.05) is 30.3 Å². The van der Waals surface area contributed by atoms with Crippen molar-refractivity contribution in [3.05, 3.63) is 41.2 Å².